The highest BCUT2D eigenvalue weighted by molar-refractivity contribution is 6.03. The fourth-order valence-electron chi connectivity index (χ4n) is 5.49. The van der Waals surface area contributed by atoms with E-state index in [2.05, 4.69) is 20.5 Å². The average Bonchev–Trinajstić information content (AvgIpc) is 2.96. The quantitative estimate of drug-likeness (QED) is 0.151. The van der Waals surface area contributed by atoms with Gasteiger partial charge in [0.1, 0.15) is 28.9 Å². The van der Waals surface area contributed by atoms with Crippen molar-refractivity contribution >= 4 is 34.4 Å². The van der Waals surface area contributed by atoms with Gasteiger partial charge in [-0.2, -0.15) is 0 Å². The molecular formula is C33H33F4N5O4. The number of hydrogen-bond donors (Lipinski definition) is 3. The Bertz CT molecular complexity index is 1770. The van der Waals surface area contributed by atoms with Gasteiger partial charge in [0.05, 0.1) is 24.0 Å². The van der Waals surface area contributed by atoms with E-state index >= 15 is 4.39 Å². The van der Waals surface area contributed by atoms with Gasteiger partial charge in [0.15, 0.2) is 0 Å². The van der Waals surface area contributed by atoms with Gasteiger partial charge in [-0.3, -0.25) is 9.82 Å². The Balaban J connectivity index is 1.60. The number of fused-ring (bicyclic) bond motifs is 1. The Morgan fingerprint density at radius 3 is 2.22 bits per heavy atom. The molecule has 5 rings (SSSR count). The molecule has 0 aliphatic carbocycles. The minimum atomic E-state index is -1.01. The average molecular weight is 640 g/mol. The van der Waals surface area contributed by atoms with Gasteiger partial charge in [-0.25, -0.2) is 32.6 Å². The first kappa shape index (κ1) is 32.5. The minimum Gasteiger partial charge on any atom is -0.444 e. The number of benzene rings is 3. The molecule has 0 unspecified atom stereocenters. The van der Waals surface area contributed by atoms with Crippen LogP contribution in [0.4, 0.5) is 38.5 Å². The summed E-state index contributed by atoms with van der Waals surface area (Å²) in [6, 6.07) is 8.77. The standard InChI is InChI=1S/C33H33F4N5O4/c1-33(2,3)46-32(44)39-23-7-9-42(10-8-23)30-25-13-18(24-15-22(36)16-27(37)29(24)40-31(43)41-45-4)5-6-28(25)38-17-26(30)19-11-20(34)14-21(35)12-19/h5-6,11-17,23H,7-10H2,1-4H3,(H,39,44)(H2,40,41,43). The Morgan fingerprint density at radius 2 is 1.57 bits per heavy atom. The monoisotopic (exact) mass is 639 g/mol. The third-order valence-electron chi connectivity index (χ3n) is 7.34. The summed E-state index contributed by atoms with van der Waals surface area (Å²) in [7, 11) is 1.21. The lowest BCUT2D eigenvalue weighted by Crippen LogP contribution is -2.46. The molecule has 1 aliphatic heterocycles. The summed E-state index contributed by atoms with van der Waals surface area (Å²) in [5.74, 6) is -3.42. The molecule has 3 aromatic carbocycles. The Labute approximate surface area is 262 Å². The Kier molecular flexibility index (Phi) is 9.33. The second-order valence-electron chi connectivity index (χ2n) is 11.9. The second-order valence-corrected chi connectivity index (χ2v) is 11.9. The van der Waals surface area contributed by atoms with Crippen molar-refractivity contribution in [3.8, 4) is 22.3 Å². The number of rotatable bonds is 6. The van der Waals surface area contributed by atoms with Crippen molar-refractivity contribution in [3.63, 3.8) is 0 Å². The number of nitrogens with zero attached hydrogens (tertiary/aromatic N) is 2. The number of nitrogens with one attached hydrogen (secondary N) is 3. The number of pyridine rings is 1. The van der Waals surface area contributed by atoms with Crippen molar-refractivity contribution in [3.05, 3.63) is 78.0 Å². The molecule has 4 aromatic rings. The van der Waals surface area contributed by atoms with Crippen LogP contribution in [0.2, 0.25) is 0 Å². The number of urea groups is 1. The zero-order valence-electron chi connectivity index (χ0n) is 25.6. The summed E-state index contributed by atoms with van der Waals surface area (Å²) in [4.78, 5) is 35.7. The second kappa shape index (κ2) is 13.2. The molecule has 0 saturated carbocycles. The first-order chi connectivity index (χ1) is 21.8. The maximum Gasteiger partial charge on any atom is 0.407 e. The number of hydroxylamine groups is 1. The molecule has 1 fully saturated rings. The lowest BCUT2D eigenvalue weighted by molar-refractivity contribution is 0.0497. The predicted octanol–water partition coefficient (Wildman–Crippen LogP) is 7.30. The van der Waals surface area contributed by atoms with E-state index in [1.54, 1.807) is 39.0 Å². The number of ether oxygens (including phenoxy) is 1. The van der Waals surface area contributed by atoms with E-state index in [1.165, 1.54) is 25.4 Å². The topological polar surface area (TPSA) is 105 Å². The van der Waals surface area contributed by atoms with Crippen LogP contribution in [0.15, 0.2) is 54.7 Å². The van der Waals surface area contributed by atoms with Crippen LogP contribution >= 0.6 is 0 Å². The predicted molar refractivity (Wildman–Crippen MR) is 166 cm³/mol. The summed E-state index contributed by atoms with van der Waals surface area (Å²) < 4.78 is 63.7. The van der Waals surface area contributed by atoms with Crippen molar-refractivity contribution in [1.29, 1.82) is 0 Å². The van der Waals surface area contributed by atoms with E-state index in [9.17, 15) is 22.8 Å². The van der Waals surface area contributed by atoms with E-state index in [0.29, 0.717) is 59.7 Å². The molecule has 0 radical (unpaired) electrons. The number of carbonyl (C=O) groups excluding carboxylic acids is 2. The van der Waals surface area contributed by atoms with E-state index < -0.39 is 41.0 Å². The molecule has 9 nitrogen and oxygen atoms in total. The smallest absolute Gasteiger partial charge is 0.407 e. The molecule has 1 aliphatic rings. The molecule has 3 N–H and O–H groups in total. The number of piperidine rings is 1. The number of carbonyl (C=O) groups is 2. The highest BCUT2D eigenvalue weighted by atomic mass is 19.1. The largest absolute Gasteiger partial charge is 0.444 e. The molecule has 1 aromatic heterocycles. The fourth-order valence-corrected chi connectivity index (χ4v) is 5.49. The van der Waals surface area contributed by atoms with Gasteiger partial charge in [-0.15, -0.1) is 0 Å². The van der Waals surface area contributed by atoms with Crippen LogP contribution < -0.4 is 21.0 Å². The molecule has 13 heteroatoms. The van der Waals surface area contributed by atoms with Crippen LogP contribution in [-0.4, -0.2) is 49.0 Å². The number of alkyl carbamates (subject to hydrolysis) is 1. The van der Waals surface area contributed by atoms with Gasteiger partial charge in [-0.1, -0.05) is 6.07 Å². The maximum atomic E-state index is 15.0. The molecule has 0 atom stereocenters. The SMILES string of the molecule is CONC(=O)Nc1c(F)cc(F)cc1-c1ccc2ncc(-c3cc(F)cc(F)c3)c(N3CCC(NC(=O)OC(C)(C)C)CC3)c2c1. The van der Waals surface area contributed by atoms with Crippen LogP contribution in [0, 0.1) is 23.3 Å². The zero-order valence-corrected chi connectivity index (χ0v) is 25.6. The lowest BCUT2D eigenvalue weighted by atomic mass is 9.95. The van der Waals surface area contributed by atoms with Crippen molar-refractivity contribution in [2.45, 2.75) is 45.3 Å². The number of hydrogen-bond acceptors (Lipinski definition) is 6. The van der Waals surface area contributed by atoms with Crippen LogP contribution in [0.3, 0.4) is 0 Å². The van der Waals surface area contributed by atoms with Crippen LogP contribution in [0.1, 0.15) is 33.6 Å². The Hall–Kier alpha value is -4.91. The maximum absolute atomic E-state index is 15.0. The van der Waals surface area contributed by atoms with Crippen LogP contribution in [0.25, 0.3) is 33.2 Å². The van der Waals surface area contributed by atoms with Gasteiger partial charge >= 0.3 is 12.1 Å². The summed E-state index contributed by atoms with van der Waals surface area (Å²) in [5, 5.41) is 5.78. The number of amides is 3. The highest BCUT2D eigenvalue weighted by Gasteiger charge is 2.27. The van der Waals surface area contributed by atoms with E-state index in [0.717, 1.165) is 12.1 Å². The third-order valence-corrected chi connectivity index (χ3v) is 7.34. The third kappa shape index (κ3) is 7.48. The van der Waals surface area contributed by atoms with Crippen LogP contribution in [-0.2, 0) is 9.57 Å². The molecular weight excluding hydrogens is 606 g/mol. The number of halogens is 4. The van der Waals surface area contributed by atoms with Crippen molar-refractivity contribution in [2.24, 2.45) is 0 Å². The fraction of sp³-hybridized carbons (Fsp3) is 0.303. The lowest BCUT2D eigenvalue weighted by Gasteiger charge is -2.36. The molecule has 3 amide bonds. The van der Waals surface area contributed by atoms with Gasteiger partial charge in [0.25, 0.3) is 0 Å². The van der Waals surface area contributed by atoms with Crippen molar-refractivity contribution in [2.75, 3.05) is 30.4 Å². The molecule has 0 spiro atoms. The van der Waals surface area contributed by atoms with Gasteiger partial charge < -0.3 is 20.3 Å². The van der Waals surface area contributed by atoms with Gasteiger partial charge in [0, 0.05) is 54.0 Å². The van der Waals surface area contributed by atoms with Gasteiger partial charge in [-0.05, 0) is 75.1 Å². The van der Waals surface area contributed by atoms with Crippen LogP contribution in [0.5, 0.6) is 0 Å². The highest BCUT2D eigenvalue weighted by Crippen LogP contribution is 2.41. The normalized spacial score (nSPS) is 13.9. The first-order valence-electron chi connectivity index (χ1n) is 14.5. The summed E-state index contributed by atoms with van der Waals surface area (Å²) >= 11 is 0. The molecule has 1 saturated heterocycles. The molecule has 46 heavy (non-hydrogen) atoms. The summed E-state index contributed by atoms with van der Waals surface area (Å²) in [6.45, 7) is 6.24. The zero-order chi connectivity index (χ0) is 33.2. The van der Waals surface area contributed by atoms with E-state index in [4.69, 9.17) is 4.74 Å². The van der Waals surface area contributed by atoms with E-state index in [-0.39, 0.29) is 22.9 Å². The first-order valence-corrected chi connectivity index (χ1v) is 14.5. The molecule has 2 heterocycles. The molecule has 242 valence electrons. The van der Waals surface area contributed by atoms with Crippen molar-refractivity contribution in [1.82, 2.24) is 15.8 Å². The summed E-state index contributed by atoms with van der Waals surface area (Å²) in [6.07, 6.45) is 2.09. The summed E-state index contributed by atoms with van der Waals surface area (Å²) in [5.41, 5.74) is 3.26. The van der Waals surface area contributed by atoms with Gasteiger partial charge in [0.2, 0.25) is 0 Å². The Morgan fingerprint density at radius 1 is 0.891 bits per heavy atom. The van der Waals surface area contributed by atoms with E-state index in [1.807, 2.05) is 10.4 Å². The minimum absolute atomic E-state index is 0.0408. The number of anilines is 2. The number of aromatic nitrogens is 1. The molecule has 0 bridgehead atoms. The van der Waals surface area contributed by atoms with Crippen molar-refractivity contribution < 1.29 is 36.7 Å².